The van der Waals surface area contributed by atoms with E-state index in [1.54, 1.807) is 22.9 Å². The summed E-state index contributed by atoms with van der Waals surface area (Å²) >= 11 is 9.61. The lowest BCUT2D eigenvalue weighted by molar-refractivity contribution is 0.296. The van der Waals surface area contributed by atoms with E-state index in [0.717, 1.165) is 22.3 Å². The molecule has 1 aromatic heterocycles. The van der Waals surface area contributed by atoms with Crippen molar-refractivity contribution in [2.75, 3.05) is 5.73 Å². The third-order valence-electron chi connectivity index (χ3n) is 2.85. The first kappa shape index (κ1) is 14.2. The van der Waals surface area contributed by atoms with Gasteiger partial charge < -0.3 is 10.5 Å². The van der Waals surface area contributed by atoms with Crippen LogP contribution in [0, 0.1) is 0 Å². The molecule has 19 heavy (non-hydrogen) atoms. The van der Waals surface area contributed by atoms with Crippen LogP contribution in [0.3, 0.4) is 0 Å². The fraction of sp³-hybridized carbons (Fsp3) is 0.308. The minimum atomic E-state index is 0.359. The molecule has 6 heteroatoms. The molecule has 2 aromatic rings. The summed E-state index contributed by atoms with van der Waals surface area (Å²) < 4.78 is 8.50. The number of aryl methyl sites for hydroxylation is 2. The van der Waals surface area contributed by atoms with Crippen molar-refractivity contribution in [1.82, 2.24) is 9.78 Å². The second kappa shape index (κ2) is 5.84. The normalized spacial score (nSPS) is 10.7. The van der Waals surface area contributed by atoms with Crippen LogP contribution in [-0.4, -0.2) is 9.78 Å². The van der Waals surface area contributed by atoms with Gasteiger partial charge >= 0.3 is 0 Å². The van der Waals surface area contributed by atoms with Gasteiger partial charge in [0.15, 0.2) is 5.75 Å². The molecule has 0 amide bonds. The van der Waals surface area contributed by atoms with Crippen LogP contribution < -0.4 is 10.5 Å². The molecule has 0 saturated carbocycles. The summed E-state index contributed by atoms with van der Waals surface area (Å²) in [5.41, 5.74) is 8.34. The smallest absolute Gasteiger partial charge is 0.161 e. The molecular formula is C13H15BrClN3O. The first-order valence-electron chi connectivity index (χ1n) is 5.91. The number of para-hydroxylation sites is 1. The average molecular weight is 345 g/mol. The van der Waals surface area contributed by atoms with E-state index in [2.05, 4.69) is 28.0 Å². The maximum absolute atomic E-state index is 6.07. The number of benzene rings is 1. The van der Waals surface area contributed by atoms with Crippen molar-refractivity contribution in [3.63, 3.8) is 0 Å². The molecule has 0 bridgehead atoms. The minimum absolute atomic E-state index is 0.359. The molecule has 0 saturated heterocycles. The Morgan fingerprint density at radius 3 is 2.79 bits per heavy atom. The van der Waals surface area contributed by atoms with Crippen molar-refractivity contribution in [2.24, 2.45) is 7.05 Å². The Balaban J connectivity index is 2.22. The van der Waals surface area contributed by atoms with Gasteiger partial charge in [0, 0.05) is 7.05 Å². The van der Waals surface area contributed by atoms with Crippen molar-refractivity contribution < 1.29 is 4.74 Å². The molecule has 0 atom stereocenters. The summed E-state index contributed by atoms with van der Waals surface area (Å²) in [5.74, 6) is 0.510. The van der Waals surface area contributed by atoms with Crippen LogP contribution in [0.5, 0.6) is 5.75 Å². The van der Waals surface area contributed by atoms with Crippen molar-refractivity contribution in [3.05, 3.63) is 39.1 Å². The lowest BCUT2D eigenvalue weighted by Crippen LogP contribution is -2.05. The van der Waals surface area contributed by atoms with Gasteiger partial charge in [-0.1, -0.05) is 24.6 Å². The minimum Gasteiger partial charge on any atom is -0.484 e. The molecule has 0 aliphatic heterocycles. The molecule has 1 aromatic carbocycles. The quantitative estimate of drug-likeness (QED) is 0.863. The molecule has 0 aliphatic rings. The molecule has 0 radical (unpaired) electrons. The number of hydrogen-bond donors (Lipinski definition) is 1. The monoisotopic (exact) mass is 343 g/mol. The second-order valence-electron chi connectivity index (χ2n) is 4.13. The Bertz CT molecular complexity index is 578. The van der Waals surface area contributed by atoms with Crippen LogP contribution in [0.4, 0.5) is 5.69 Å². The summed E-state index contributed by atoms with van der Waals surface area (Å²) in [6.45, 7) is 2.42. The average Bonchev–Trinajstić information content (AvgIpc) is 2.65. The molecule has 0 aliphatic carbocycles. The zero-order valence-electron chi connectivity index (χ0n) is 10.8. The predicted octanol–water partition coefficient (Wildman–Crippen LogP) is 3.56. The summed E-state index contributed by atoms with van der Waals surface area (Å²) in [4.78, 5) is 0. The number of halogens is 2. The van der Waals surface area contributed by atoms with E-state index in [4.69, 9.17) is 22.1 Å². The first-order valence-corrected chi connectivity index (χ1v) is 7.08. The number of ether oxygens (including phenoxy) is 1. The highest BCUT2D eigenvalue weighted by atomic mass is 79.9. The lowest BCUT2D eigenvalue weighted by Gasteiger charge is -2.10. The molecule has 102 valence electrons. The third-order valence-corrected chi connectivity index (χ3v) is 4.07. The van der Waals surface area contributed by atoms with Crippen LogP contribution in [0.25, 0.3) is 0 Å². The standard InChI is InChI=1S/C13H15BrClN3O/c1-3-10-12(14)11(18(2)17-10)7-19-13-8(15)5-4-6-9(13)16/h4-6H,3,7,16H2,1-2H3. The van der Waals surface area contributed by atoms with E-state index < -0.39 is 0 Å². The third kappa shape index (κ3) is 2.87. The molecule has 4 nitrogen and oxygen atoms in total. The summed E-state index contributed by atoms with van der Waals surface area (Å²) in [5, 5.41) is 4.92. The molecule has 0 spiro atoms. The van der Waals surface area contributed by atoms with E-state index in [0.29, 0.717) is 23.1 Å². The Morgan fingerprint density at radius 1 is 1.47 bits per heavy atom. The zero-order valence-corrected chi connectivity index (χ0v) is 13.1. The Kier molecular flexibility index (Phi) is 4.37. The first-order chi connectivity index (χ1) is 9.04. The van der Waals surface area contributed by atoms with Crippen LogP contribution >= 0.6 is 27.5 Å². The van der Waals surface area contributed by atoms with Crippen molar-refractivity contribution in [3.8, 4) is 5.75 Å². The number of anilines is 1. The van der Waals surface area contributed by atoms with Gasteiger partial charge in [-0.05, 0) is 34.5 Å². The molecule has 0 unspecified atom stereocenters. The number of nitrogens with two attached hydrogens (primary N) is 1. The number of rotatable bonds is 4. The van der Waals surface area contributed by atoms with Gasteiger partial charge in [-0.25, -0.2) is 0 Å². The van der Waals surface area contributed by atoms with E-state index in [1.165, 1.54) is 0 Å². The Morgan fingerprint density at radius 2 is 2.21 bits per heavy atom. The van der Waals surface area contributed by atoms with Crippen LogP contribution in [0.1, 0.15) is 18.3 Å². The van der Waals surface area contributed by atoms with Crippen LogP contribution in [-0.2, 0) is 20.1 Å². The van der Waals surface area contributed by atoms with Gasteiger partial charge in [0.05, 0.1) is 26.6 Å². The fourth-order valence-electron chi connectivity index (χ4n) is 1.79. The van der Waals surface area contributed by atoms with E-state index in [1.807, 2.05) is 7.05 Å². The van der Waals surface area contributed by atoms with Gasteiger partial charge in [0.2, 0.25) is 0 Å². The van der Waals surface area contributed by atoms with Crippen LogP contribution in [0.2, 0.25) is 5.02 Å². The van der Waals surface area contributed by atoms with Gasteiger partial charge in [0.25, 0.3) is 0 Å². The van der Waals surface area contributed by atoms with E-state index in [9.17, 15) is 0 Å². The maximum Gasteiger partial charge on any atom is 0.161 e. The largest absolute Gasteiger partial charge is 0.484 e. The van der Waals surface area contributed by atoms with Gasteiger partial charge in [-0.3, -0.25) is 4.68 Å². The number of nitrogens with zero attached hydrogens (tertiary/aromatic N) is 2. The summed E-state index contributed by atoms with van der Waals surface area (Å²) in [6.07, 6.45) is 0.864. The fourth-order valence-corrected chi connectivity index (χ4v) is 2.76. The SMILES string of the molecule is CCc1nn(C)c(COc2c(N)cccc2Cl)c1Br. The molecular weight excluding hydrogens is 330 g/mol. The van der Waals surface area contributed by atoms with Crippen LogP contribution in [0.15, 0.2) is 22.7 Å². The number of nitrogen functional groups attached to an aromatic ring is 1. The van der Waals surface area contributed by atoms with Gasteiger partial charge in [-0.2, -0.15) is 5.10 Å². The summed E-state index contributed by atoms with van der Waals surface area (Å²) in [7, 11) is 1.89. The maximum atomic E-state index is 6.07. The lowest BCUT2D eigenvalue weighted by atomic mass is 10.3. The number of hydrogen-bond acceptors (Lipinski definition) is 3. The van der Waals surface area contributed by atoms with Crippen molar-refractivity contribution in [1.29, 1.82) is 0 Å². The van der Waals surface area contributed by atoms with Gasteiger partial charge in [0.1, 0.15) is 6.61 Å². The van der Waals surface area contributed by atoms with E-state index in [-0.39, 0.29) is 0 Å². The highest BCUT2D eigenvalue weighted by Crippen LogP contribution is 2.32. The molecule has 2 rings (SSSR count). The second-order valence-corrected chi connectivity index (χ2v) is 5.33. The Hall–Kier alpha value is -1.20. The molecule has 0 fully saturated rings. The van der Waals surface area contributed by atoms with Gasteiger partial charge in [-0.15, -0.1) is 0 Å². The highest BCUT2D eigenvalue weighted by molar-refractivity contribution is 9.10. The molecule has 2 N–H and O–H groups in total. The van der Waals surface area contributed by atoms with Crippen molar-refractivity contribution in [2.45, 2.75) is 20.0 Å². The zero-order chi connectivity index (χ0) is 14.0. The number of aromatic nitrogens is 2. The van der Waals surface area contributed by atoms with E-state index >= 15 is 0 Å². The topological polar surface area (TPSA) is 53.1 Å². The van der Waals surface area contributed by atoms with Crippen molar-refractivity contribution >= 4 is 33.2 Å². The Labute approximate surface area is 125 Å². The molecule has 1 heterocycles. The predicted molar refractivity (Wildman–Crippen MR) is 80.5 cm³/mol. The summed E-state index contributed by atoms with van der Waals surface area (Å²) in [6, 6.07) is 5.31. The highest BCUT2D eigenvalue weighted by Gasteiger charge is 2.14.